The Morgan fingerprint density at radius 3 is 2.38 bits per heavy atom. The van der Waals surface area contributed by atoms with Crippen LogP contribution in [0.4, 0.5) is 26.3 Å². The lowest BCUT2D eigenvalue weighted by Gasteiger charge is -2.32. The van der Waals surface area contributed by atoms with Crippen LogP contribution in [0, 0.1) is 5.92 Å². The van der Waals surface area contributed by atoms with Crippen LogP contribution in [-0.4, -0.2) is 61.8 Å². The minimum Gasteiger partial charge on any atom is -0.357 e. The van der Waals surface area contributed by atoms with Gasteiger partial charge in [0.25, 0.3) is 0 Å². The molecule has 1 aliphatic carbocycles. The Bertz CT molecular complexity index is 492. The highest BCUT2D eigenvalue weighted by Crippen LogP contribution is 2.37. The Morgan fingerprint density at radius 1 is 1.19 bits per heavy atom. The minimum absolute atomic E-state index is 0.0794. The summed E-state index contributed by atoms with van der Waals surface area (Å²) in [6, 6.07) is -0.462. The van der Waals surface area contributed by atoms with Crippen LogP contribution in [0.3, 0.4) is 0 Å². The van der Waals surface area contributed by atoms with E-state index < -0.39 is 43.3 Å². The fourth-order valence-electron chi connectivity index (χ4n) is 2.76. The van der Waals surface area contributed by atoms with Gasteiger partial charge in [0, 0.05) is 19.6 Å². The smallest absolute Gasteiger partial charge is 0.357 e. The number of nitrogens with zero attached hydrogens (tertiary/aromatic N) is 2. The molecule has 0 aromatic carbocycles. The Morgan fingerprint density at radius 2 is 1.85 bits per heavy atom. The molecule has 0 saturated heterocycles. The summed E-state index contributed by atoms with van der Waals surface area (Å²) in [4.78, 5) is 16.1. The summed E-state index contributed by atoms with van der Waals surface area (Å²) < 4.78 is 75.4. The SMILES string of the molecule is CCNC(=NCC(=O)N(C)CC(F)(F)F)NC1CCCC(C(F)(F)F)C1. The van der Waals surface area contributed by atoms with Gasteiger partial charge in [0.1, 0.15) is 13.1 Å². The summed E-state index contributed by atoms with van der Waals surface area (Å²) in [6.07, 6.45) is -7.85. The van der Waals surface area contributed by atoms with E-state index >= 15 is 0 Å². The maximum atomic E-state index is 12.9. The zero-order chi connectivity index (χ0) is 20.0. The van der Waals surface area contributed by atoms with E-state index in [1.54, 1.807) is 6.92 Å². The zero-order valence-electron chi connectivity index (χ0n) is 14.7. The van der Waals surface area contributed by atoms with Crippen LogP contribution < -0.4 is 10.6 Å². The van der Waals surface area contributed by atoms with E-state index in [-0.39, 0.29) is 18.8 Å². The molecule has 1 saturated carbocycles. The quantitative estimate of drug-likeness (QED) is 0.431. The number of guanidine groups is 1. The highest BCUT2D eigenvalue weighted by Gasteiger charge is 2.42. The van der Waals surface area contributed by atoms with Crippen LogP contribution in [0.5, 0.6) is 0 Å². The highest BCUT2D eigenvalue weighted by atomic mass is 19.4. The number of rotatable bonds is 5. The van der Waals surface area contributed by atoms with Crippen LogP contribution in [0.2, 0.25) is 0 Å². The Kier molecular flexibility index (Phi) is 8.01. The topological polar surface area (TPSA) is 56.7 Å². The maximum Gasteiger partial charge on any atom is 0.406 e. The first-order valence-corrected chi connectivity index (χ1v) is 8.34. The molecule has 1 amide bonds. The molecule has 0 aromatic heterocycles. The number of hydrogen-bond donors (Lipinski definition) is 2. The van der Waals surface area contributed by atoms with Crippen LogP contribution in [0.25, 0.3) is 0 Å². The second-order valence-corrected chi connectivity index (χ2v) is 6.31. The van der Waals surface area contributed by atoms with Crippen molar-refractivity contribution in [1.29, 1.82) is 0 Å². The van der Waals surface area contributed by atoms with E-state index in [0.717, 1.165) is 7.05 Å². The Balaban J connectivity index is 2.64. The number of likely N-dealkylation sites (N-methyl/N-ethyl adjacent to an activating group) is 1. The van der Waals surface area contributed by atoms with Gasteiger partial charge in [-0.25, -0.2) is 4.99 Å². The summed E-state index contributed by atoms with van der Waals surface area (Å²) in [5.74, 6) is -2.11. The zero-order valence-corrected chi connectivity index (χ0v) is 14.7. The summed E-state index contributed by atoms with van der Waals surface area (Å²) in [7, 11) is 1.01. The van der Waals surface area contributed by atoms with Crippen molar-refractivity contribution in [3.8, 4) is 0 Å². The van der Waals surface area contributed by atoms with E-state index in [2.05, 4.69) is 15.6 Å². The first-order chi connectivity index (χ1) is 11.9. The van der Waals surface area contributed by atoms with E-state index in [0.29, 0.717) is 24.3 Å². The largest absolute Gasteiger partial charge is 0.406 e. The number of aliphatic imine (C=N–C) groups is 1. The second-order valence-electron chi connectivity index (χ2n) is 6.31. The summed E-state index contributed by atoms with van der Waals surface area (Å²) in [5, 5.41) is 5.64. The molecule has 1 fully saturated rings. The molecule has 152 valence electrons. The molecular weight excluding hydrogens is 366 g/mol. The third-order valence-electron chi connectivity index (χ3n) is 4.04. The predicted molar refractivity (Wildman–Crippen MR) is 84.6 cm³/mol. The van der Waals surface area contributed by atoms with Gasteiger partial charge in [-0.05, 0) is 26.2 Å². The molecule has 0 aliphatic heterocycles. The Labute approximate surface area is 148 Å². The number of amides is 1. The van der Waals surface area contributed by atoms with Gasteiger partial charge >= 0.3 is 12.4 Å². The first-order valence-electron chi connectivity index (χ1n) is 8.34. The van der Waals surface area contributed by atoms with Crippen LogP contribution in [0.1, 0.15) is 32.6 Å². The van der Waals surface area contributed by atoms with Crippen molar-refractivity contribution < 1.29 is 31.1 Å². The van der Waals surface area contributed by atoms with Crippen molar-refractivity contribution >= 4 is 11.9 Å². The first kappa shape index (κ1) is 22.4. The van der Waals surface area contributed by atoms with Crippen molar-refractivity contribution in [2.75, 3.05) is 26.7 Å². The maximum absolute atomic E-state index is 12.9. The third kappa shape index (κ3) is 8.13. The minimum atomic E-state index is -4.51. The molecule has 0 heterocycles. The number of nitrogens with one attached hydrogen (secondary N) is 2. The van der Waals surface area contributed by atoms with Crippen molar-refractivity contribution in [3.05, 3.63) is 0 Å². The van der Waals surface area contributed by atoms with Gasteiger partial charge in [0.05, 0.1) is 5.92 Å². The number of carbonyl (C=O) groups excluding carboxylic acids is 1. The van der Waals surface area contributed by atoms with Gasteiger partial charge < -0.3 is 15.5 Å². The predicted octanol–water partition coefficient (Wildman–Crippen LogP) is 2.68. The fourth-order valence-corrected chi connectivity index (χ4v) is 2.76. The van der Waals surface area contributed by atoms with E-state index in [4.69, 9.17) is 0 Å². The second kappa shape index (κ2) is 9.31. The van der Waals surface area contributed by atoms with E-state index in [1.807, 2.05) is 0 Å². The summed E-state index contributed by atoms with van der Waals surface area (Å²) >= 11 is 0. The van der Waals surface area contributed by atoms with Crippen molar-refractivity contribution in [2.45, 2.75) is 51.0 Å². The lowest BCUT2D eigenvalue weighted by Crippen LogP contribution is -2.47. The summed E-state index contributed by atoms with van der Waals surface area (Å²) in [5.41, 5.74) is 0. The monoisotopic (exact) mass is 390 g/mol. The molecular formula is C15H24F6N4O. The van der Waals surface area contributed by atoms with Crippen LogP contribution in [-0.2, 0) is 4.79 Å². The fraction of sp³-hybridized carbons (Fsp3) is 0.867. The van der Waals surface area contributed by atoms with Crippen molar-refractivity contribution in [2.24, 2.45) is 10.9 Å². The number of halogens is 6. The molecule has 1 rings (SSSR count). The van der Waals surface area contributed by atoms with E-state index in [1.165, 1.54) is 0 Å². The van der Waals surface area contributed by atoms with Gasteiger partial charge in [0.2, 0.25) is 5.91 Å². The van der Waals surface area contributed by atoms with E-state index in [9.17, 15) is 31.1 Å². The van der Waals surface area contributed by atoms with Gasteiger partial charge in [-0.1, -0.05) is 6.42 Å². The molecule has 0 aromatic rings. The van der Waals surface area contributed by atoms with Crippen LogP contribution >= 0.6 is 0 Å². The third-order valence-corrected chi connectivity index (χ3v) is 4.04. The molecule has 5 nitrogen and oxygen atoms in total. The molecule has 0 spiro atoms. The standard InChI is InChI=1S/C15H24F6N4O/c1-3-22-13(23-8-12(26)25(2)9-14(16,17)18)24-11-6-4-5-10(7-11)15(19,20)21/h10-11H,3-9H2,1-2H3,(H2,22,23,24). The van der Waals surface area contributed by atoms with Crippen molar-refractivity contribution in [3.63, 3.8) is 0 Å². The van der Waals surface area contributed by atoms with Gasteiger partial charge in [-0.3, -0.25) is 4.79 Å². The average Bonchev–Trinajstić information content (AvgIpc) is 2.50. The Hall–Kier alpha value is -1.68. The summed E-state index contributed by atoms with van der Waals surface area (Å²) in [6.45, 7) is 0.209. The number of hydrogen-bond acceptors (Lipinski definition) is 2. The molecule has 2 unspecified atom stereocenters. The average molecular weight is 390 g/mol. The molecule has 0 bridgehead atoms. The van der Waals surface area contributed by atoms with Crippen molar-refractivity contribution in [1.82, 2.24) is 15.5 Å². The highest BCUT2D eigenvalue weighted by molar-refractivity contribution is 5.85. The molecule has 11 heteroatoms. The normalized spacial score (nSPS) is 22.1. The lowest BCUT2D eigenvalue weighted by atomic mass is 9.85. The van der Waals surface area contributed by atoms with Crippen LogP contribution in [0.15, 0.2) is 4.99 Å². The number of alkyl halides is 6. The lowest BCUT2D eigenvalue weighted by molar-refractivity contribution is -0.183. The molecule has 26 heavy (non-hydrogen) atoms. The number of carbonyl (C=O) groups is 1. The molecule has 1 aliphatic rings. The van der Waals surface area contributed by atoms with Gasteiger partial charge in [-0.2, -0.15) is 26.3 Å². The molecule has 2 N–H and O–H groups in total. The van der Waals surface area contributed by atoms with Gasteiger partial charge in [-0.15, -0.1) is 0 Å². The van der Waals surface area contributed by atoms with Gasteiger partial charge in [0.15, 0.2) is 5.96 Å². The molecule has 0 radical (unpaired) electrons. The molecule has 2 atom stereocenters.